The first-order valence-electron chi connectivity index (χ1n) is 9.04. The number of hydrogen-bond acceptors (Lipinski definition) is 5. The van der Waals surface area contributed by atoms with E-state index in [4.69, 9.17) is 4.74 Å². The van der Waals surface area contributed by atoms with E-state index in [1.807, 2.05) is 26.0 Å². The van der Waals surface area contributed by atoms with Crippen LogP contribution in [0, 0.1) is 19.8 Å². The Morgan fingerprint density at radius 3 is 2.81 bits per heavy atom. The Morgan fingerprint density at radius 1 is 1.31 bits per heavy atom. The highest BCUT2D eigenvalue weighted by molar-refractivity contribution is 6.04. The summed E-state index contributed by atoms with van der Waals surface area (Å²) in [5, 5.41) is 2.88. The van der Waals surface area contributed by atoms with Gasteiger partial charge in [-0.2, -0.15) is 0 Å². The Hall–Kier alpha value is -2.47. The van der Waals surface area contributed by atoms with Crippen molar-refractivity contribution >= 4 is 11.6 Å². The Bertz CT molecular complexity index is 761. The number of rotatable bonds is 6. The maximum absolute atomic E-state index is 12.3. The van der Waals surface area contributed by atoms with Crippen molar-refractivity contribution in [2.75, 3.05) is 32.1 Å². The number of aryl methyl sites for hydroxylation is 2. The van der Waals surface area contributed by atoms with Crippen molar-refractivity contribution in [3.05, 3.63) is 47.4 Å². The summed E-state index contributed by atoms with van der Waals surface area (Å²) in [5.74, 6) is 1.12. The number of carbonyl (C=O) groups is 1. The molecule has 1 aliphatic heterocycles. The lowest BCUT2D eigenvalue weighted by atomic mass is 10.1. The lowest BCUT2D eigenvalue weighted by Crippen LogP contribution is -2.15. The number of carbonyl (C=O) groups excluding carboxylic acids is 1. The molecule has 0 bridgehead atoms. The molecular formula is C20H26N4O2. The van der Waals surface area contributed by atoms with Crippen LogP contribution in [0.5, 0.6) is 5.88 Å². The number of nitrogens with one attached hydrogen (secondary N) is 1. The summed E-state index contributed by atoms with van der Waals surface area (Å²) >= 11 is 0. The van der Waals surface area contributed by atoms with Gasteiger partial charge in [0.25, 0.3) is 5.91 Å². The van der Waals surface area contributed by atoms with Crippen LogP contribution in [0.3, 0.4) is 0 Å². The zero-order chi connectivity index (χ0) is 18.5. The molecule has 1 amide bonds. The van der Waals surface area contributed by atoms with Gasteiger partial charge < -0.3 is 15.0 Å². The van der Waals surface area contributed by atoms with E-state index in [1.54, 1.807) is 18.3 Å². The largest absolute Gasteiger partial charge is 0.478 e. The lowest BCUT2D eigenvalue weighted by molar-refractivity contribution is 0.102. The van der Waals surface area contributed by atoms with E-state index in [2.05, 4.69) is 27.2 Å². The fourth-order valence-corrected chi connectivity index (χ4v) is 3.14. The molecule has 0 saturated carbocycles. The van der Waals surface area contributed by atoms with E-state index in [1.165, 1.54) is 13.0 Å². The molecule has 1 fully saturated rings. The molecule has 3 rings (SSSR count). The standard InChI is InChI=1S/C20H26N4O2/c1-14-4-5-17(12-21-14)20(25)23-18-6-7-19(22-15(18)2)26-11-9-16-8-10-24(3)13-16/h4-7,12,16H,8-11,13H2,1-3H3,(H,23,25). The predicted octanol–water partition coefficient (Wildman–Crippen LogP) is 3.07. The summed E-state index contributed by atoms with van der Waals surface area (Å²) in [6.07, 6.45) is 3.86. The number of anilines is 1. The van der Waals surface area contributed by atoms with Crippen molar-refractivity contribution in [2.45, 2.75) is 26.7 Å². The molecule has 1 unspecified atom stereocenters. The lowest BCUT2D eigenvalue weighted by Gasteiger charge is -2.12. The van der Waals surface area contributed by atoms with Crippen molar-refractivity contribution in [1.82, 2.24) is 14.9 Å². The molecular weight excluding hydrogens is 328 g/mol. The van der Waals surface area contributed by atoms with E-state index in [0.717, 1.165) is 24.4 Å². The van der Waals surface area contributed by atoms with E-state index < -0.39 is 0 Å². The molecule has 0 aliphatic carbocycles. The maximum Gasteiger partial charge on any atom is 0.257 e. The van der Waals surface area contributed by atoms with Gasteiger partial charge in [-0.05, 0) is 64.4 Å². The second-order valence-electron chi connectivity index (χ2n) is 6.98. The molecule has 0 radical (unpaired) electrons. The van der Waals surface area contributed by atoms with Crippen LogP contribution in [0.25, 0.3) is 0 Å². The average molecular weight is 354 g/mol. The summed E-state index contributed by atoms with van der Waals surface area (Å²) in [4.78, 5) is 23.2. The maximum atomic E-state index is 12.3. The van der Waals surface area contributed by atoms with Crippen LogP contribution in [-0.4, -0.2) is 47.5 Å². The van der Waals surface area contributed by atoms with Gasteiger partial charge in [0.1, 0.15) is 0 Å². The molecule has 6 nitrogen and oxygen atoms in total. The van der Waals surface area contributed by atoms with Gasteiger partial charge in [-0.1, -0.05) is 0 Å². The van der Waals surface area contributed by atoms with Gasteiger partial charge in [0.05, 0.1) is 23.6 Å². The molecule has 1 aliphatic rings. The van der Waals surface area contributed by atoms with Crippen LogP contribution >= 0.6 is 0 Å². The van der Waals surface area contributed by atoms with Gasteiger partial charge in [0.15, 0.2) is 0 Å². The van der Waals surface area contributed by atoms with Crippen molar-refractivity contribution < 1.29 is 9.53 Å². The van der Waals surface area contributed by atoms with Crippen LogP contribution in [0.1, 0.15) is 34.6 Å². The normalized spacial score (nSPS) is 17.3. The summed E-state index contributed by atoms with van der Waals surface area (Å²) < 4.78 is 5.79. The molecule has 2 aromatic rings. The van der Waals surface area contributed by atoms with Crippen molar-refractivity contribution in [3.63, 3.8) is 0 Å². The minimum absolute atomic E-state index is 0.193. The monoisotopic (exact) mass is 354 g/mol. The number of ether oxygens (including phenoxy) is 1. The molecule has 6 heteroatoms. The van der Waals surface area contributed by atoms with Gasteiger partial charge in [-0.15, -0.1) is 0 Å². The van der Waals surface area contributed by atoms with Crippen LogP contribution in [0.15, 0.2) is 30.5 Å². The topological polar surface area (TPSA) is 67.3 Å². The third-order valence-corrected chi connectivity index (χ3v) is 4.75. The SMILES string of the molecule is Cc1ccc(C(=O)Nc2ccc(OCCC3CCN(C)C3)nc2C)cn1. The number of pyridine rings is 2. The van der Waals surface area contributed by atoms with E-state index in [-0.39, 0.29) is 5.91 Å². The molecule has 26 heavy (non-hydrogen) atoms. The number of hydrogen-bond donors (Lipinski definition) is 1. The molecule has 138 valence electrons. The molecule has 0 aromatic carbocycles. The first-order chi connectivity index (χ1) is 12.5. The van der Waals surface area contributed by atoms with Crippen LogP contribution in [0.2, 0.25) is 0 Å². The number of likely N-dealkylation sites (tertiary alicyclic amines) is 1. The summed E-state index contributed by atoms with van der Waals surface area (Å²) in [7, 11) is 2.16. The predicted molar refractivity (Wildman–Crippen MR) is 102 cm³/mol. The number of aromatic nitrogens is 2. The van der Waals surface area contributed by atoms with Crippen molar-refractivity contribution in [3.8, 4) is 5.88 Å². The Morgan fingerprint density at radius 2 is 2.15 bits per heavy atom. The van der Waals surface area contributed by atoms with Gasteiger partial charge in [0.2, 0.25) is 5.88 Å². The summed E-state index contributed by atoms with van der Waals surface area (Å²) in [6.45, 7) is 6.74. The third kappa shape index (κ3) is 4.79. The smallest absolute Gasteiger partial charge is 0.257 e. The Balaban J connectivity index is 1.53. The molecule has 1 atom stereocenters. The third-order valence-electron chi connectivity index (χ3n) is 4.75. The summed E-state index contributed by atoms with van der Waals surface area (Å²) in [6, 6.07) is 7.22. The highest BCUT2D eigenvalue weighted by Gasteiger charge is 2.19. The minimum atomic E-state index is -0.193. The average Bonchev–Trinajstić information content (AvgIpc) is 3.03. The van der Waals surface area contributed by atoms with Crippen LogP contribution in [0.4, 0.5) is 5.69 Å². The molecule has 1 saturated heterocycles. The van der Waals surface area contributed by atoms with Gasteiger partial charge in [0, 0.05) is 24.5 Å². The second-order valence-corrected chi connectivity index (χ2v) is 6.98. The minimum Gasteiger partial charge on any atom is -0.478 e. The highest BCUT2D eigenvalue weighted by Crippen LogP contribution is 2.21. The van der Waals surface area contributed by atoms with Gasteiger partial charge in [-0.25, -0.2) is 4.98 Å². The number of nitrogens with zero attached hydrogens (tertiary/aromatic N) is 3. The molecule has 0 spiro atoms. The zero-order valence-corrected chi connectivity index (χ0v) is 15.7. The Kier molecular flexibility index (Phi) is 5.83. The quantitative estimate of drug-likeness (QED) is 0.863. The van der Waals surface area contributed by atoms with E-state index in [0.29, 0.717) is 29.7 Å². The van der Waals surface area contributed by atoms with E-state index in [9.17, 15) is 4.79 Å². The van der Waals surface area contributed by atoms with Gasteiger partial charge >= 0.3 is 0 Å². The van der Waals surface area contributed by atoms with Crippen LogP contribution in [-0.2, 0) is 0 Å². The van der Waals surface area contributed by atoms with Crippen molar-refractivity contribution in [2.24, 2.45) is 5.92 Å². The molecule has 1 N–H and O–H groups in total. The fraction of sp³-hybridized carbons (Fsp3) is 0.450. The summed E-state index contributed by atoms with van der Waals surface area (Å²) in [5.41, 5.74) is 2.82. The zero-order valence-electron chi connectivity index (χ0n) is 15.7. The highest BCUT2D eigenvalue weighted by atomic mass is 16.5. The Labute approximate surface area is 154 Å². The first-order valence-corrected chi connectivity index (χ1v) is 9.04. The second kappa shape index (κ2) is 8.27. The molecule has 3 heterocycles. The van der Waals surface area contributed by atoms with Gasteiger partial charge in [-0.3, -0.25) is 9.78 Å². The van der Waals surface area contributed by atoms with Crippen LogP contribution < -0.4 is 10.1 Å². The first kappa shape index (κ1) is 18.3. The fourth-order valence-electron chi connectivity index (χ4n) is 3.14. The van der Waals surface area contributed by atoms with E-state index >= 15 is 0 Å². The molecule has 2 aromatic heterocycles. The number of amides is 1. The van der Waals surface area contributed by atoms with Crippen molar-refractivity contribution in [1.29, 1.82) is 0 Å².